The summed E-state index contributed by atoms with van der Waals surface area (Å²) < 4.78 is 28.4. The molecule has 1 amide bonds. The minimum Gasteiger partial charge on any atom is -0.493 e. The van der Waals surface area contributed by atoms with Crippen LogP contribution in [-0.4, -0.2) is 37.6 Å². The van der Waals surface area contributed by atoms with E-state index in [1.54, 1.807) is 12.1 Å². The van der Waals surface area contributed by atoms with Crippen molar-refractivity contribution in [1.29, 1.82) is 0 Å². The van der Waals surface area contributed by atoms with Crippen molar-refractivity contribution in [3.05, 3.63) is 62.9 Å². The molecule has 0 saturated heterocycles. The van der Waals surface area contributed by atoms with Crippen LogP contribution >= 0.6 is 11.6 Å². The number of nitro benzene ring substituents is 1. The first-order valence-electron chi connectivity index (χ1n) is 8.25. The molecule has 0 bridgehead atoms. The fraction of sp³-hybridized carbons (Fsp3) is 0.158. The molecule has 0 atom stereocenters. The monoisotopic (exact) mass is 438 g/mol. The van der Waals surface area contributed by atoms with Gasteiger partial charge in [-0.05, 0) is 35.9 Å². The third kappa shape index (κ3) is 5.92. The predicted molar refractivity (Wildman–Crippen MR) is 106 cm³/mol. The Morgan fingerprint density at radius 3 is 2.60 bits per heavy atom. The van der Waals surface area contributed by atoms with Gasteiger partial charge in [0.25, 0.3) is 5.91 Å². The van der Waals surface area contributed by atoms with Gasteiger partial charge in [-0.2, -0.15) is 4.39 Å². The topological polar surface area (TPSA) is 117 Å². The number of benzene rings is 2. The summed E-state index contributed by atoms with van der Waals surface area (Å²) in [6, 6.07) is 5.97. The van der Waals surface area contributed by atoms with Crippen LogP contribution in [0.25, 0.3) is 6.08 Å². The van der Waals surface area contributed by atoms with Crippen LogP contribution in [-0.2, 0) is 14.3 Å². The van der Waals surface area contributed by atoms with Gasteiger partial charge >= 0.3 is 11.7 Å². The number of anilines is 1. The number of hydrogen-bond acceptors (Lipinski definition) is 7. The summed E-state index contributed by atoms with van der Waals surface area (Å²) >= 11 is 6.08. The van der Waals surface area contributed by atoms with Crippen molar-refractivity contribution >= 4 is 40.9 Å². The van der Waals surface area contributed by atoms with Crippen molar-refractivity contribution in [1.82, 2.24) is 0 Å². The van der Waals surface area contributed by atoms with E-state index in [0.717, 1.165) is 24.3 Å². The standard InChI is InChI=1S/C19H16ClFN2O7/c1-28-16-8-11(7-13(20)19(16)29-2)3-6-18(25)30-10-17(24)22-12-4-5-14(21)15(9-12)23(26)27/h3-9H,10H2,1-2H3,(H,22,24)/b6-3+. The number of nitrogens with one attached hydrogen (secondary N) is 1. The van der Waals surface area contributed by atoms with Gasteiger partial charge in [0.05, 0.1) is 24.2 Å². The number of halogens is 2. The summed E-state index contributed by atoms with van der Waals surface area (Å²) in [7, 11) is 2.87. The molecule has 0 spiro atoms. The molecule has 0 aliphatic rings. The van der Waals surface area contributed by atoms with Crippen molar-refractivity contribution in [2.75, 3.05) is 26.1 Å². The van der Waals surface area contributed by atoms with E-state index in [1.165, 1.54) is 20.3 Å². The Morgan fingerprint density at radius 2 is 1.97 bits per heavy atom. The molecule has 0 saturated carbocycles. The number of carbonyl (C=O) groups is 2. The predicted octanol–water partition coefficient (Wildman–Crippen LogP) is 3.60. The number of amides is 1. The van der Waals surface area contributed by atoms with Gasteiger partial charge in [0.1, 0.15) is 0 Å². The van der Waals surface area contributed by atoms with Crippen LogP contribution in [0.15, 0.2) is 36.4 Å². The molecular formula is C19H16ClFN2O7. The molecule has 0 fully saturated rings. The molecule has 0 aliphatic heterocycles. The first-order chi connectivity index (χ1) is 14.2. The zero-order valence-electron chi connectivity index (χ0n) is 15.8. The number of nitrogens with zero attached hydrogens (tertiary/aromatic N) is 1. The second-order valence-electron chi connectivity index (χ2n) is 5.65. The van der Waals surface area contributed by atoms with Crippen molar-refractivity contribution in [3.8, 4) is 11.5 Å². The Kier molecular flexibility index (Phi) is 7.70. The molecule has 0 heterocycles. The van der Waals surface area contributed by atoms with Crippen LogP contribution in [0, 0.1) is 15.9 Å². The fourth-order valence-corrected chi connectivity index (χ4v) is 2.61. The van der Waals surface area contributed by atoms with E-state index >= 15 is 0 Å². The molecule has 1 N–H and O–H groups in total. The number of esters is 1. The lowest BCUT2D eigenvalue weighted by Crippen LogP contribution is -2.20. The first-order valence-corrected chi connectivity index (χ1v) is 8.63. The largest absolute Gasteiger partial charge is 0.493 e. The summed E-state index contributed by atoms with van der Waals surface area (Å²) in [5.74, 6) is -1.90. The zero-order valence-corrected chi connectivity index (χ0v) is 16.6. The van der Waals surface area contributed by atoms with Crippen LogP contribution < -0.4 is 14.8 Å². The van der Waals surface area contributed by atoms with Gasteiger partial charge in [-0.1, -0.05) is 11.6 Å². The average Bonchev–Trinajstić information content (AvgIpc) is 2.71. The number of ether oxygens (including phenoxy) is 3. The third-order valence-electron chi connectivity index (χ3n) is 3.64. The molecule has 2 aromatic carbocycles. The minimum atomic E-state index is -1.04. The van der Waals surface area contributed by atoms with E-state index in [-0.39, 0.29) is 10.7 Å². The summed E-state index contributed by atoms with van der Waals surface area (Å²) in [5, 5.41) is 13.3. The third-order valence-corrected chi connectivity index (χ3v) is 3.92. The normalized spacial score (nSPS) is 10.5. The second kappa shape index (κ2) is 10.2. The molecule has 0 unspecified atom stereocenters. The number of rotatable bonds is 8. The maximum atomic E-state index is 13.3. The Bertz CT molecular complexity index is 1010. The molecule has 2 rings (SSSR count). The SMILES string of the molecule is COc1cc(/C=C/C(=O)OCC(=O)Nc2ccc(F)c([N+](=O)[O-])c2)cc(Cl)c1OC. The summed E-state index contributed by atoms with van der Waals surface area (Å²) in [6.07, 6.45) is 2.48. The zero-order chi connectivity index (χ0) is 22.3. The van der Waals surface area contributed by atoms with Crippen LogP contribution in [0.5, 0.6) is 11.5 Å². The van der Waals surface area contributed by atoms with Gasteiger partial charge in [-0.3, -0.25) is 14.9 Å². The maximum Gasteiger partial charge on any atom is 0.331 e. The lowest BCUT2D eigenvalue weighted by Gasteiger charge is -2.10. The maximum absolute atomic E-state index is 13.3. The quantitative estimate of drug-likeness (QED) is 0.289. The minimum absolute atomic E-state index is 0.0142. The Hall–Kier alpha value is -3.66. The molecular weight excluding hydrogens is 423 g/mol. The number of carbonyl (C=O) groups excluding carboxylic acids is 2. The Balaban J connectivity index is 1.95. The van der Waals surface area contributed by atoms with Crippen molar-refractivity contribution in [3.63, 3.8) is 0 Å². The first kappa shape index (κ1) is 22.6. The summed E-state index contributed by atoms with van der Waals surface area (Å²) in [6.45, 7) is -0.652. The van der Waals surface area contributed by atoms with Gasteiger partial charge in [0, 0.05) is 17.8 Å². The molecule has 9 nitrogen and oxygen atoms in total. The van der Waals surface area contributed by atoms with Gasteiger partial charge < -0.3 is 19.5 Å². The van der Waals surface area contributed by atoms with Crippen molar-refractivity contribution in [2.45, 2.75) is 0 Å². The van der Waals surface area contributed by atoms with Crippen molar-refractivity contribution < 1.29 is 33.1 Å². The molecule has 2 aromatic rings. The lowest BCUT2D eigenvalue weighted by molar-refractivity contribution is -0.387. The van der Waals surface area contributed by atoms with E-state index in [4.69, 9.17) is 25.8 Å². The smallest absolute Gasteiger partial charge is 0.331 e. The second-order valence-corrected chi connectivity index (χ2v) is 6.06. The summed E-state index contributed by atoms with van der Waals surface area (Å²) in [4.78, 5) is 33.4. The van der Waals surface area contributed by atoms with E-state index in [2.05, 4.69) is 5.32 Å². The Morgan fingerprint density at radius 1 is 1.23 bits per heavy atom. The van der Waals surface area contributed by atoms with Crippen LogP contribution in [0.3, 0.4) is 0 Å². The van der Waals surface area contributed by atoms with Gasteiger partial charge in [0.2, 0.25) is 5.82 Å². The fourth-order valence-electron chi connectivity index (χ4n) is 2.31. The van der Waals surface area contributed by atoms with E-state index in [0.29, 0.717) is 17.1 Å². The highest BCUT2D eigenvalue weighted by Crippen LogP contribution is 2.36. The molecule has 158 valence electrons. The van der Waals surface area contributed by atoms with Crippen molar-refractivity contribution in [2.24, 2.45) is 0 Å². The highest BCUT2D eigenvalue weighted by Gasteiger charge is 2.16. The van der Waals surface area contributed by atoms with Gasteiger partial charge in [0.15, 0.2) is 18.1 Å². The molecule has 0 aromatic heterocycles. The van der Waals surface area contributed by atoms with E-state index < -0.39 is 34.9 Å². The molecule has 0 aliphatic carbocycles. The number of methoxy groups -OCH3 is 2. The van der Waals surface area contributed by atoms with Gasteiger partial charge in [-0.25, -0.2) is 4.79 Å². The van der Waals surface area contributed by atoms with E-state index in [9.17, 15) is 24.1 Å². The Labute approximate surface area is 175 Å². The van der Waals surface area contributed by atoms with Crippen LogP contribution in [0.2, 0.25) is 5.02 Å². The van der Waals surface area contributed by atoms with Crippen LogP contribution in [0.4, 0.5) is 15.8 Å². The molecule has 30 heavy (non-hydrogen) atoms. The average molecular weight is 439 g/mol. The number of hydrogen-bond donors (Lipinski definition) is 1. The molecule has 11 heteroatoms. The summed E-state index contributed by atoms with van der Waals surface area (Å²) in [5.41, 5.74) is -0.279. The van der Waals surface area contributed by atoms with Crippen LogP contribution in [0.1, 0.15) is 5.56 Å². The molecule has 0 radical (unpaired) electrons. The number of nitro groups is 1. The van der Waals surface area contributed by atoms with Gasteiger partial charge in [-0.15, -0.1) is 0 Å². The lowest BCUT2D eigenvalue weighted by atomic mass is 10.2. The highest BCUT2D eigenvalue weighted by atomic mass is 35.5. The van der Waals surface area contributed by atoms with E-state index in [1.807, 2.05) is 0 Å². The highest BCUT2D eigenvalue weighted by molar-refractivity contribution is 6.32.